The van der Waals surface area contributed by atoms with E-state index in [1.807, 2.05) is 25.9 Å². The van der Waals surface area contributed by atoms with Crippen molar-refractivity contribution in [1.82, 2.24) is 15.5 Å². The third-order valence-corrected chi connectivity index (χ3v) is 5.68. The van der Waals surface area contributed by atoms with Crippen LogP contribution in [0.2, 0.25) is 5.02 Å². The summed E-state index contributed by atoms with van der Waals surface area (Å²) in [5.74, 6) is -0.805. The molecular weight excluding hydrogens is 507 g/mol. The summed E-state index contributed by atoms with van der Waals surface area (Å²) >= 11 is 6.12. The predicted molar refractivity (Wildman–Crippen MR) is 137 cm³/mol. The number of aryl methyl sites for hydroxylation is 1. The summed E-state index contributed by atoms with van der Waals surface area (Å²) in [5, 5.41) is 5.44. The Morgan fingerprint density at radius 2 is 1.76 bits per heavy atom. The molecule has 6 nitrogen and oxygen atoms in total. The minimum absolute atomic E-state index is 0.0505. The standard InChI is InChI=1S/C27H27ClF3N3O3/c1-17-5-7-18(8-6-17)25(35)33-23(26(36)32-13-4-14-34(2)3)16-20-10-12-24(37-20)21-15-19(27(29,30)31)9-11-22(21)28/h5-12,15-16H,4,13-14H2,1-3H3,(H,32,36)(H,33,35). The summed E-state index contributed by atoms with van der Waals surface area (Å²) in [5.41, 5.74) is 0.430. The van der Waals surface area contributed by atoms with E-state index in [9.17, 15) is 22.8 Å². The molecule has 2 aromatic carbocycles. The number of rotatable bonds is 9. The molecule has 0 radical (unpaired) electrons. The SMILES string of the molecule is Cc1ccc(C(=O)NC(=Cc2ccc(-c3cc(C(F)(F)F)ccc3Cl)o2)C(=O)NCCCN(C)C)cc1. The van der Waals surface area contributed by atoms with E-state index in [-0.39, 0.29) is 27.8 Å². The summed E-state index contributed by atoms with van der Waals surface area (Å²) < 4.78 is 45.2. The molecule has 37 heavy (non-hydrogen) atoms. The molecule has 10 heteroatoms. The Kier molecular flexibility index (Phi) is 9.18. The average Bonchev–Trinajstić information content (AvgIpc) is 3.29. The number of carbonyl (C=O) groups excluding carboxylic acids is 2. The van der Waals surface area contributed by atoms with E-state index in [4.69, 9.17) is 16.0 Å². The predicted octanol–water partition coefficient (Wildman–Crippen LogP) is 5.77. The molecule has 0 saturated carbocycles. The van der Waals surface area contributed by atoms with Crippen molar-refractivity contribution in [3.8, 4) is 11.3 Å². The van der Waals surface area contributed by atoms with Crippen molar-refractivity contribution in [2.45, 2.75) is 19.5 Å². The number of hydrogen-bond donors (Lipinski definition) is 2. The average molecular weight is 534 g/mol. The Hall–Kier alpha value is -3.56. The highest BCUT2D eigenvalue weighted by Crippen LogP contribution is 2.36. The fourth-order valence-corrected chi connectivity index (χ4v) is 3.57. The first-order valence-corrected chi connectivity index (χ1v) is 11.8. The van der Waals surface area contributed by atoms with Crippen LogP contribution < -0.4 is 10.6 Å². The summed E-state index contributed by atoms with van der Waals surface area (Å²) in [6.07, 6.45) is -2.54. The molecular formula is C27H27ClF3N3O3. The van der Waals surface area contributed by atoms with Crippen LogP contribution >= 0.6 is 11.6 Å². The Labute approximate surface area is 218 Å². The molecule has 0 atom stereocenters. The molecule has 196 valence electrons. The van der Waals surface area contributed by atoms with E-state index >= 15 is 0 Å². The molecule has 0 fully saturated rings. The number of carbonyl (C=O) groups is 2. The van der Waals surface area contributed by atoms with E-state index < -0.39 is 23.6 Å². The van der Waals surface area contributed by atoms with Gasteiger partial charge in [-0.05, 0) is 76.4 Å². The first kappa shape index (κ1) is 28.0. The fourth-order valence-electron chi connectivity index (χ4n) is 3.36. The van der Waals surface area contributed by atoms with Crippen molar-refractivity contribution in [2.24, 2.45) is 0 Å². The number of halogens is 4. The summed E-state index contributed by atoms with van der Waals surface area (Å²) in [6.45, 7) is 3.02. The Morgan fingerprint density at radius 1 is 1.05 bits per heavy atom. The number of alkyl halides is 3. The quantitative estimate of drug-likeness (QED) is 0.271. The number of furan rings is 1. The first-order chi connectivity index (χ1) is 17.4. The molecule has 0 saturated heterocycles. The van der Waals surface area contributed by atoms with Gasteiger partial charge in [0.15, 0.2) is 0 Å². The highest BCUT2D eigenvalue weighted by Gasteiger charge is 2.31. The van der Waals surface area contributed by atoms with E-state index in [0.717, 1.165) is 30.3 Å². The van der Waals surface area contributed by atoms with Crippen molar-refractivity contribution in [3.05, 3.63) is 87.8 Å². The lowest BCUT2D eigenvalue weighted by atomic mass is 10.1. The topological polar surface area (TPSA) is 74.6 Å². The monoisotopic (exact) mass is 533 g/mol. The summed E-state index contributed by atoms with van der Waals surface area (Å²) in [7, 11) is 3.83. The smallest absolute Gasteiger partial charge is 0.416 e. The normalized spacial score (nSPS) is 12.1. The lowest BCUT2D eigenvalue weighted by Crippen LogP contribution is -2.36. The third kappa shape index (κ3) is 7.96. The van der Waals surface area contributed by atoms with Gasteiger partial charge in [0.2, 0.25) is 0 Å². The van der Waals surface area contributed by atoms with Crippen molar-refractivity contribution in [3.63, 3.8) is 0 Å². The highest BCUT2D eigenvalue weighted by molar-refractivity contribution is 6.33. The first-order valence-electron chi connectivity index (χ1n) is 11.4. The van der Waals surface area contributed by atoms with Gasteiger partial charge in [0.1, 0.15) is 17.2 Å². The second-order valence-corrected chi connectivity index (χ2v) is 9.09. The van der Waals surface area contributed by atoms with Gasteiger partial charge >= 0.3 is 6.18 Å². The van der Waals surface area contributed by atoms with Crippen LogP contribution in [0.25, 0.3) is 17.4 Å². The molecule has 0 aliphatic carbocycles. The van der Waals surface area contributed by atoms with Gasteiger partial charge in [-0.1, -0.05) is 29.3 Å². The molecule has 0 aliphatic rings. The number of amides is 2. The summed E-state index contributed by atoms with van der Waals surface area (Å²) in [4.78, 5) is 27.7. The number of hydrogen-bond acceptors (Lipinski definition) is 4. The largest absolute Gasteiger partial charge is 0.457 e. The molecule has 2 amide bonds. The van der Waals surface area contributed by atoms with Gasteiger partial charge in [0, 0.05) is 23.7 Å². The lowest BCUT2D eigenvalue weighted by Gasteiger charge is -2.12. The minimum Gasteiger partial charge on any atom is -0.457 e. The van der Waals surface area contributed by atoms with Crippen LogP contribution in [-0.2, 0) is 11.0 Å². The lowest BCUT2D eigenvalue weighted by molar-refractivity contribution is -0.137. The number of nitrogens with one attached hydrogen (secondary N) is 2. The second kappa shape index (κ2) is 12.1. The highest BCUT2D eigenvalue weighted by atomic mass is 35.5. The number of benzene rings is 2. The van der Waals surface area contributed by atoms with Crippen LogP contribution in [-0.4, -0.2) is 43.9 Å². The van der Waals surface area contributed by atoms with Crippen molar-refractivity contribution < 1.29 is 27.2 Å². The van der Waals surface area contributed by atoms with Crippen molar-refractivity contribution in [2.75, 3.05) is 27.2 Å². The van der Waals surface area contributed by atoms with E-state index in [1.165, 1.54) is 18.2 Å². The fraction of sp³-hybridized carbons (Fsp3) is 0.259. The third-order valence-electron chi connectivity index (χ3n) is 5.35. The zero-order chi connectivity index (χ0) is 27.2. The van der Waals surface area contributed by atoms with Crippen LogP contribution in [0.3, 0.4) is 0 Å². The Morgan fingerprint density at radius 3 is 2.41 bits per heavy atom. The van der Waals surface area contributed by atoms with E-state index in [0.29, 0.717) is 18.5 Å². The maximum atomic E-state index is 13.2. The van der Waals surface area contributed by atoms with Crippen molar-refractivity contribution >= 4 is 29.5 Å². The van der Waals surface area contributed by atoms with Crippen LogP contribution in [0.1, 0.15) is 33.7 Å². The molecule has 1 aromatic heterocycles. The maximum absolute atomic E-state index is 13.2. The van der Waals surface area contributed by atoms with Crippen LogP contribution in [0.5, 0.6) is 0 Å². The van der Waals surface area contributed by atoms with Gasteiger partial charge in [-0.3, -0.25) is 9.59 Å². The molecule has 1 heterocycles. The van der Waals surface area contributed by atoms with E-state index in [2.05, 4.69) is 10.6 Å². The maximum Gasteiger partial charge on any atom is 0.416 e. The van der Waals surface area contributed by atoms with Gasteiger partial charge in [-0.25, -0.2) is 0 Å². The molecule has 0 spiro atoms. The zero-order valence-electron chi connectivity index (χ0n) is 20.6. The minimum atomic E-state index is -4.55. The van der Waals surface area contributed by atoms with Gasteiger partial charge in [0.25, 0.3) is 11.8 Å². The Balaban J connectivity index is 1.88. The molecule has 3 rings (SSSR count). The van der Waals surface area contributed by atoms with E-state index in [1.54, 1.807) is 24.3 Å². The van der Waals surface area contributed by atoms with Gasteiger partial charge in [-0.2, -0.15) is 13.2 Å². The molecule has 0 aliphatic heterocycles. The Bertz CT molecular complexity index is 1280. The molecule has 3 aromatic rings. The van der Waals surface area contributed by atoms with Gasteiger partial charge in [0.05, 0.1) is 10.6 Å². The molecule has 0 bridgehead atoms. The van der Waals surface area contributed by atoms with Crippen LogP contribution in [0.15, 0.2) is 64.7 Å². The zero-order valence-corrected chi connectivity index (χ0v) is 21.3. The number of nitrogens with zero attached hydrogens (tertiary/aromatic N) is 1. The molecule has 0 unspecified atom stereocenters. The van der Waals surface area contributed by atoms with Gasteiger partial charge in [-0.15, -0.1) is 0 Å². The second-order valence-electron chi connectivity index (χ2n) is 8.69. The van der Waals surface area contributed by atoms with Gasteiger partial charge < -0.3 is 20.0 Å². The summed E-state index contributed by atoms with van der Waals surface area (Å²) in [6, 6.07) is 12.7. The molecule has 2 N–H and O–H groups in total. The van der Waals surface area contributed by atoms with Crippen molar-refractivity contribution in [1.29, 1.82) is 0 Å². The van der Waals surface area contributed by atoms with Crippen LogP contribution in [0, 0.1) is 6.92 Å². The van der Waals surface area contributed by atoms with Crippen LogP contribution in [0.4, 0.5) is 13.2 Å².